The van der Waals surface area contributed by atoms with E-state index in [2.05, 4.69) is 35.8 Å². The lowest BCUT2D eigenvalue weighted by Crippen LogP contribution is -2.37. The molecule has 0 bridgehead atoms. The van der Waals surface area contributed by atoms with Gasteiger partial charge in [-0.05, 0) is 36.8 Å². The lowest BCUT2D eigenvalue weighted by atomic mass is 10.1. The quantitative estimate of drug-likeness (QED) is 0.860. The van der Waals surface area contributed by atoms with E-state index in [0.29, 0.717) is 17.5 Å². The van der Waals surface area contributed by atoms with E-state index < -0.39 is 9.84 Å². The molecule has 0 radical (unpaired) electrons. The number of nitrogens with one attached hydrogen (secondary N) is 1. The Bertz CT molecular complexity index is 468. The van der Waals surface area contributed by atoms with Crippen molar-refractivity contribution in [2.45, 2.75) is 30.3 Å². The summed E-state index contributed by atoms with van der Waals surface area (Å²) < 4.78 is 22.6. The van der Waals surface area contributed by atoms with Crippen molar-refractivity contribution in [2.24, 2.45) is 0 Å². The monoisotopic (exact) mass is 285 g/mol. The number of thioether (sulfide) groups is 1. The first kappa shape index (κ1) is 13.9. The highest BCUT2D eigenvalue weighted by Gasteiger charge is 2.22. The maximum atomic E-state index is 11.3. The van der Waals surface area contributed by atoms with Gasteiger partial charge in [0.05, 0.1) is 11.5 Å². The Morgan fingerprint density at radius 2 is 1.83 bits per heavy atom. The maximum Gasteiger partial charge on any atom is 0.150 e. The van der Waals surface area contributed by atoms with Crippen LogP contribution in [0.4, 0.5) is 0 Å². The van der Waals surface area contributed by atoms with Crippen LogP contribution in [-0.4, -0.2) is 32.2 Å². The van der Waals surface area contributed by atoms with Crippen molar-refractivity contribution >= 4 is 21.6 Å². The van der Waals surface area contributed by atoms with Gasteiger partial charge in [-0.3, -0.25) is 0 Å². The Balaban J connectivity index is 1.81. The largest absolute Gasteiger partial charge is 0.310 e. The van der Waals surface area contributed by atoms with E-state index in [1.165, 1.54) is 10.5 Å². The van der Waals surface area contributed by atoms with Crippen LogP contribution in [0.15, 0.2) is 29.2 Å². The second-order valence-corrected chi connectivity index (χ2v) is 7.84. The molecule has 18 heavy (non-hydrogen) atoms. The molecule has 3 nitrogen and oxygen atoms in total. The molecule has 2 rings (SSSR count). The molecule has 5 heteroatoms. The summed E-state index contributed by atoms with van der Waals surface area (Å²) in [5.74, 6) is 0.659. The van der Waals surface area contributed by atoms with E-state index in [9.17, 15) is 8.42 Å². The molecule has 0 unspecified atom stereocenters. The predicted octanol–water partition coefficient (Wildman–Crippen LogP) is 2.08. The topological polar surface area (TPSA) is 46.2 Å². The molecule has 0 aromatic heterocycles. The van der Waals surface area contributed by atoms with E-state index in [0.717, 1.165) is 19.4 Å². The van der Waals surface area contributed by atoms with Crippen LogP contribution in [-0.2, 0) is 16.4 Å². The zero-order valence-corrected chi connectivity index (χ0v) is 12.2. The molecular weight excluding hydrogens is 266 g/mol. The lowest BCUT2D eigenvalue weighted by molar-refractivity contribution is 0.463. The summed E-state index contributed by atoms with van der Waals surface area (Å²) in [6, 6.07) is 8.82. The van der Waals surface area contributed by atoms with E-state index in [-0.39, 0.29) is 0 Å². The van der Waals surface area contributed by atoms with Gasteiger partial charge in [0, 0.05) is 17.5 Å². The standard InChI is InChI=1S/C13H19NO2S2/c1-17-13-4-2-11(3-5-13)10-14-12-6-8-18(15,16)9-7-12/h2-5,12,14H,6-10H2,1H3. The van der Waals surface area contributed by atoms with Crippen LogP contribution in [0, 0.1) is 0 Å². The highest BCUT2D eigenvalue weighted by Crippen LogP contribution is 2.16. The van der Waals surface area contributed by atoms with Gasteiger partial charge < -0.3 is 5.32 Å². The fraction of sp³-hybridized carbons (Fsp3) is 0.538. The summed E-state index contributed by atoms with van der Waals surface area (Å²) >= 11 is 1.74. The Morgan fingerprint density at radius 3 is 2.39 bits per heavy atom. The highest BCUT2D eigenvalue weighted by atomic mass is 32.2. The first-order valence-electron chi connectivity index (χ1n) is 6.16. The van der Waals surface area contributed by atoms with Gasteiger partial charge in [-0.25, -0.2) is 8.42 Å². The molecule has 1 aliphatic heterocycles. The number of hydrogen-bond donors (Lipinski definition) is 1. The van der Waals surface area contributed by atoms with Gasteiger partial charge in [0.15, 0.2) is 0 Å². The van der Waals surface area contributed by atoms with Crippen LogP contribution < -0.4 is 5.32 Å². The molecule has 0 aliphatic carbocycles. The number of rotatable bonds is 4. The SMILES string of the molecule is CSc1ccc(CNC2CCS(=O)(=O)CC2)cc1. The van der Waals surface area contributed by atoms with Crippen molar-refractivity contribution in [1.82, 2.24) is 5.32 Å². The summed E-state index contributed by atoms with van der Waals surface area (Å²) in [6.07, 6.45) is 3.55. The molecule has 1 fully saturated rings. The molecule has 0 spiro atoms. The van der Waals surface area contributed by atoms with Gasteiger partial charge in [-0.15, -0.1) is 11.8 Å². The summed E-state index contributed by atoms with van der Waals surface area (Å²) in [7, 11) is -2.75. The fourth-order valence-electron chi connectivity index (χ4n) is 2.10. The minimum absolute atomic E-state index is 0.329. The Kier molecular flexibility index (Phi) is 4.70. The third-order valence-corrected chi connectivity index (χ3v) is 5.77. The maximum absolute atomic E-state index is 11.3. The van der Waals surface area contributed by atoms with Crippen LogP contribution in [0.5, 0.6) is 0 Å². The molecule has 1 aromatic rings. The van der Waals surface area contributed by atoms with Crippen molar-refractivity contribution in [2.75, 3.05) is 17.8 Å². The molecule has 0 atom stereocenters. The van der Waals surface area contributed by atoms with E-state index in [1.54, 1.807) is 11.8 Å². The Morgan fingerprint density at radius 1 is 1.22 bits per heavy atom. The van der Waals surface area contributed by atoms with Gasteiger partial charge in [0.25, 0.3) is 0 Å². The van der Waals surface area contributed by atoms with Gasteiger partial charge in [-0.1, -0.05) is 12.1 Å². The van der Waals surface area contributed by atoms with Crippen LogP contribution in [0.25, 0.3) is 0 Å². The first-order valence-corrected chi connectivity index (χ1v) is 9.20. The fourth-order valence-corrected chi connectivity index (χ4v) is 4.00. The van der Waals surface area contributed by atoms with Gasteiger partial charge >= 0.3 is 0 Å². The number of benzene rings is 1. The predicted molar refractivity (Wildman–Crippen MR) is 76.7 cm³/mol. The number of sulfone groups is 1. The van der Waals surface area contributed by atoms with Crippen LogP contribution in [0.2, 0.25) is 0 Å². The lowest BCUT2D eigenvalue weighted by Gasteiger charge is -2.23. The molecule has 1 aliphatic rings. The molecule has 0 amide bonds. The molecule has 1 N–H and O–H groups in total. The summed E-state index contributed by atoms with van der Waals surface area (Å²) in [5.41, 5.74) is 1.25. The third kappa shape index (κ3) is 4.00. The molecular formula is C13H19NO2S2. The zero-order chi connectivity index (χ0) is 13.0. The second-order valence-electron chi connectivity index (χ2n) is 4.66. The van der Waals surface area contributed by atoms with E-state index >= 15 is 0 Å². The van der Waals surface area contributed by atoms with Crippen molar-refractivity contribution < 1.29 is 8.42 Å². The molecule has 1 heterocycles. The normalized spacial score (nSPS) is 19.8. The molecule has 1 saturated heterocycles. The Hall–Kier alpha value is -0.520. The minimum Gasteiger partial charge on any atom is -0.310 e. The zero-order valence-electron chi connectivity index (χ0n) is 10.6. The van der Waals surface area contributed by atoms with Crippen LogP contribution in [0.3, 0.4) is 0 Å². The van der Waals surface area contributed by atoms with Crippen LogP contribution >= 0.6 is 11.8 Å². The van der Waals surface area contributed by atoms with Crippen LogP contribution in [0.1, 0.15) is 18.4 Å². The van der Waals surface area contributed by atoms with E-state index in [4.69, 9.17) is 0 Å². The smallest absolute Gasteiger partial charge is 0.150 e. The summed E-state index contributed by atoms with van der Waals surface area (Å²) in [4.78, 5) is 1.27. The summed E-state index contributed by atoms with van der Waals surface area (Å²) in [5, 5.41) is 3.44. The van der Waals surface area contributed by atoms with Gasteiger partial charge in [-0.2, -0.15) is 0 Å². The summed E-state index contributed by atoms with van der Waals surface area (Å²) in [6.45, 7) is 0.819. The van der Waals surface area contributed by atoms with Gasteiger partial charge in [0.2, 0.25) is 0 Å². The second kappa shape index (κ2) is 6.08. The van der Waals surface area contributed by atoms with Crippen molar-refractivity contribution in [3.63, 3.8) is 0 Å². The Labute approximate surface area is 113 Å². The van der Waals surface area contributed by atoms with Crippen molar-refractivity contribution in [1.29, 1.82) is 0 Å². The average molecular weight is 285 g/mol. The van der Waals surface area contributed by atoms with Gasteiger partial charge in [0.1, 0.15) is 9.84 Å². The first-order chi connectivity index (χ1) is 8.59. The highest BCUT2D eigenvalue weighted by molar-refractivity contribution is 7.98. The van der Waals surface area contributed by atoms with E-state index in [1.807, 2.05) is 0 Å². The number of hydrogen-bond acceptors (Lipinski definition) is 4. The third-order valence-electron chi connectivity index (χ3n) is 3.31. The molecule has 0 saturated carbocycles. The minimum atomic E-state index is -2.75. The molecule has 1 aromatic carbocycles. The van der Waals surface area contributed by atoms with Crippen molar-refractivity contribution in [3.8, 4) is 0 Å². The molecule has 100 valence electrons. The average Bonchev–Trinajstić information content (AvgIpc) is 2.38. The van der Waals surface area contributed by atoms with Crippen molar-refractivity contribution in [3.05, 3.63) is 29.8 Å².